The Morgan fingerprint density at radius 1 is 1.04 bits per heavy atom. The predicted molar refractivity (Wildman–Crippen MR) is 91.9 cm³/mol. The van der Waals surface area contributed by atoms with Crippen molar-refractivity contribution in [3.05, 3.63) is 57.5 Å². The molecular weight excluding hydrogens is 327 g/mol. The van der Waals surface area contributed by atoms with Gasteiger partial charge in [-0.2, -0.15) is 11.3 Å². The Kier molecular flexibility index (Phi) is 4.94. The second kappa shape index (κ2) is 7.13. The summed E-state index contributed by atoms with van der Waals surface area (Å²) in [6.07, 6.45) is 0.690. The van der Waals surface area contributed by atoms with Crippen molar-refractivity contribution in [2.24, 2.45) is 0 Å². The summed E-state index contributed by atoms with van der Waals surface area (Å²) in [6.45, 7) is 3.85. The highest BCUT2D eigenvalue weighted by Crippen LogP contribution is 2.16. The number of nitrogens with zero attached hydrogens (tertiary/aromatic N) is 2. The molecule has 6 heteroatoms. The molecule has 1 saturated heterocycles. The van der Waals surface area contributed by atoms with Crippen LogP contribution in [0.4, 0.5) is 4.39 Å². The van der Waals surface area contributed by atoms with Gasteiger partial charge in [0, 0.05) is 31.6 Å². The standard InChI is InChI=1S/C18H19FN2O2S/c1-13-3-4-16(19)15(11-13)18(23)21-7-2-6-20(8-9-21)17(22)14-5-10-24-12-14/h3-5,10-12H,2,6-9H2,1H3. The van der Waals surface area contributed by atoms with E-state index in [0.29, 0.717) is 38.2 Å². The van der Waals surface area contributed by atoms with E-state index in [-0.39, 0.29) is 17.4 Å². The zero-order valence-corrected chi connectivity index (χ0v) is 14.3. The van der Waals surface area contributed by atoms with Crippen LogP contribution in [0.25, 0.3) is 0 Å². The summed E-state index contributed by atoms with van der Waals surface area (Å²) in [5.74, 6) is -0.811. The van der Waals surface area contributed by atoms with Crippen LogP contribution in [0.3, 0.4) is 0 Å². The maximum absolute atomic E-state index is 14.0. The molecule has 1 aromatic carbocycles. The van der Waals surface area contributed by atoms with Crippen molar-refractivity contribution in [2.75, 3.05) is 26.2 Å². The van der Waals surface area contributed by atoms with Gasteiger partial charge in [0.25, 0.3) is 11.8 Å². The fourth-order valence-electron chi connectivity index (χ4n) is 2.87. The monoisotopic (exact) mass is 346 g/mol. The van der Waals surface area contributed by atoms with Gasteiger partial charge in [0.2, 0.25) is 0 Å². The van der Waals surface area contributed by atoms with Crippen LogP contribution in [0, 0.1) is 12.7 Å². The molecule has 1 aliphatic heterocycles. The molecule has 2 aromatic rings. The van der Waals surface area contributed by atoms with Crippen molar-refractivity contribution < 1.29 is 14.0 Å². The number of aryl methyl sites for hydroxylation is 1. The molecule has 3 rings (SSSR count). The van der Waals surface area contributed by atoms with Gasteiger partial charge in [0.1, 0.15) is 5.82 Å². The first-order chi connectivity index (χ1) is 11.6. The van der Waals surface area contributed by atoms with Gasteiger partial charge in [0.15, 0.2) is 0 Å². The average Bonchev–Trinajstić information content (AvgIpc) is 3.00. The Morgan fingerprint density at radius 3 is 2.42 bits per heavy atom. The second-order valence-corrected chi connectivity index (χ2v) is 6.71. The van der Waals surface area contributed by atoms with Crippen LogP contribution in [-0.4, -0.2) is 47.8 Å². The molecule has 2 heterocycles. The normalized spacial score (nSPS) is 15.2. The van der Waals surface area contributed by atoms with Gasteiger partial charge in [-0.1, -0.05) is 11.6 Å². The molecule has 0 radical (unpaired) electrons. The van der Waals surface area contributed by atoms with E-state index in [1.165, 1.54) is 17.4 Å². The number of halogens is 1. The third kappa shape index (κ3) is 3.48. The summed E-state index contributed by atoms with van der Waals surface area (Å²) in [5, 5.41) is 3.71. The van der Waals surface area contributed by atoms with Crippen LogP contribution in [0.5, 0.6) is 0 Å². The van der Waals surface area contributed by atoms with Gasteiger partial charge in [-0.05, 0) is 36.9 Å². The van der Waals surface area contributed by atoms with E-state index in [1.54, 1.807) is 21.9 Å². The number of carbonyl (C=O) groups excluding carboxylic acids is 2. The highest BCUT2D eigenvalue weighted by Gasteiger charge is 2.25. The molecule has 0 atom stereocenters. The molecule has 1 fully saturated rings. The van der Waals surface area contributed by atoms with Gasteiger partial charge in [-0.25, -0.2) is 4.39 Å². The maximum atomic E-state index is 14.0. The fourth-order valence-corrected chi connectivity index (χ4v) is 3.50. The quantitative estimate of drug-likeness (QED) is 0.838. The molecule has 0 unspecified atom stereocenters. The Labute approximate surface area is 144 Å². The number of benzene rings is 1. The van der Waals surface area contributed by atoms with Gasteiger partial charge in [0.05, 0.1) is 11.1 Å². The molecule has 1 aromatic heterocycles. The van der Waals surface area contributed by atoms with E-state index in [4.69, 9.17) is 0 Å². The molecule has 0 bridgehead atoms. The molecule has 0 aliphatic carbocycles. The lowest BCUT2D eigenvalue weighted by Crippen LogP contribution is -2.37. The first-order valence-electron chi connectivity index (χ1n) is 7.93. The summed E-state index contributed by atoms with van der Waals surface area (Å²) < 4.78 is 14.0. The first-order valence-corrected chi connectivity index (χ1v) is 8.87. The molecular formula is C18H19FN2O2S. The zero-order chi connectivity index (χ0) is 17.1. The van der Waals surface area contributed by atoms with Crippen LogP contribution in [0.2, 0.25) is 0 Å². The lowest BCUT2D eigenvalue weighted by Gasteiger charge is -2.22. The van der Waals surface area contributed by atoms with Crippen molar-refractivity contribution in [1.29, 1.82) is 0 Å². The number of hydrogen-bond acceptors (Lipinski definition) is 3. The second-order valence-electron chi connectivity index (χ2n) is 5.93. The summed E-state index contributed by atoms with van der Waals surface area (Å²) in [6, 6.07) is 6.36. The smallest absolute Gasteiger partial charge is 0.256 e. The molecule has 2 amide bonds. The lowest BCUT2D eigenvalue weighted by molar-refractivity contribution is 0.0716. The molecule has 0 N–H and O–H groups in total. The Balaban J connectivity index is 1.70. The fraction of sp³-hybridized carbons (Fsp3) is 0.333. The van der Waals surface area contributed by atoms with E-state index >= 15 is 0 Å². The minimum Gasteiger partial charge on any atom is -0.337 e. The Hall–Kier alpha value is -2.21. The van der Waals surface area contributed by atoms with Gasteiger partial charge >= 0.3 is 0 Å². The number of thiophene rings is 1. The number of amides is 2. The summed E-state index contributed by atoms with van der Waals surface area (Å²) >= 11 is 1.49. The van der Waals surface area contributed by atoms with E-state index in [9.17, 15) is 14.0 Å². The summed E-state index contributed by atoms with van der Waals surface area (Å²) in [7, 11) is 0. The van der Waals surface area contributed by atoms with Crippen molar-refractivity contribution >= 4 is 23.2 Å². The number of hydrogen-bond donors (Lipinski definition) is 0. The van der Waals surface area contributed by atoms with Crippen molar-refractivity contribution in [1.82, 2.24) is 9.80 Å². The minimum atomic E-state index is -0.499. The van der Waals surface area contributed by atoms with Crippen molar-refractivity contribution in [3.63, 3.8) is 0 Å². The molecule has 24 heavy (non-hydrogen) atoms. The van der Waals surface area contributed by atoms with Gasteiger partial charge < -0.3 is 9.80 Å². The molecule has 4 nitrogen and oxygen atoms in total. The van der Waals surface area contributed by atoms with Crippen LogP contribution in [0.1, 0.15) is 32.7 Å². The Morgan fingerprint density at radius 2 is 1.75 bits per heavy atom. The van der Waals surface area contributed by atoms with E-state index < -0.39 is 5.82 Å². The zero-order valence-electron chi connectivity index (χ0n) is 13.5. The maximum Gasteiger partial charge on any atom is 0.256 e. The molecule has 0 spiro atoms. The number of rotatable bonds is 2. The average molecular weight is 346 g/mol. The van der Waals surface area contributed by atoms with Crippen LogP contribution in [-0.2, 0) is 0 Å². The van der Waals surface area contributed by atoms with Gasteiger partial charge in [-0.3, -0.25) is 9.59 Å². The minimum absolute atomic E-state index is 0.00714. The summed E-state index contributed by atoms with van der Waals surface area (Å²) in [4.78, 5) is 28.4. The predicted octanol–water partition coefficient (Wildman–Crippen LogP) is 3.18. The van der Waals surface area contributed by atoms with Crippen LogP contribution >= 0.6 is 11.3 Å². The molecule has 0 saturated carbocycles. The van der Waals surface area contributed by atoms with Crippen LogP contribution < -0.4 is 0 Å². The topological polar surface area (TPSA) is 40.6 Å². The SMILES string of the molecule is Cc1ccc(F)c(C(=O)N2CCCN(C(=O)c3ccsc3)CC2)c1. The molecule has 126 valence electrons. The number of carbonyl (C=O) groups is 2. The van der Waals surface area contributed by atoms with Crippen molar-refractivity contribution in [3.8, 4) is 0 Å². The van der Waals surface area contributed by atoms with Crippen LogP contribution in [0.15, 0.2) is 35.0 Å². The largest absolute Gasteiger partial charge is 0.337 e. The third-order valence-corrected chi connectivity index (χ3v) is 4.87. The van der Waals surface area contributed by atoms with E-state index in [1.807, 2.05) is 23.8 Å². The lowest BCUT2D eigenvalue weighted by atomic mass is 10.1. The molecule has 1 aliphatic rings. The summed E-state index contributed by atoms with van der Waals surface area (Å²) in [5.41, 5.74) is 1.64. The highest BCUT2D eigenvalue weighted by molar-refractivity contribution is 7.08. The Bertz CT molecular complexity index is 745. The van der Waals surface area contributed by atoms with Gasteiger partial charge in [-0.15, -0.1) is 0 Å². The highest BCUT2D eigenvalue weighted by atomic mass is 32.1. The van der Waals surface area contributed by atoms with Crippen molar-refractivity contribution in [2.45, 2.75) is 13.3 Å². The third-order valence-electron chi connectivity index (χ3n) is 4.19. The first kappa shape index (κ1) is 16.6. The van der Waals surface area contributed by atoms with E-state index in [2.05, 4.69) is 0 Å². The van der Waals surface area contributed by atoms with E-state index in [0.717, 1.165) is 5.56 Å².